The number of rotatable bonds is 4. The van der Waals surface area contributed by atoms with Gasteiger partial charge in [-0.1, -0.05) is 13.3 Å². The van der Waals surface area contributed by atoms with E-state index in [1.807, 2.05) is 4.90 Å². The zero-order valence-electron chi connectivity index (χ0n) is 10.8. The molecule has 1 N–H and O–H groups in total. The van der Waals surface area contributed by atoms with Crippen LogP contribution in [0.15, 0.2) is 0 Å². The van der Waals surface area contributed by atoms with E-state index in [4.69, 9.17) is 5.11 Å². The van der Waals surface area contributed by atoms with Crippen molar-refractivity contribution < 1.29 is 9.90 Å². The molecule has 0 radical (unpaired) electrons. The first-order valence-electron chi connectivity index (χ1n) is 6.87. The lowest BCUT2D eigenvalue weighted by Crippen LogP contribution is -2.50. The number of hydrogen-bond acceptors (Lipinski definition) is 3. The van der Waals surface area contributed by atoms with Gasteiger partial charge >= 0.3 is 5.97 Å². The highest BCUT2D eigenvalue weighted by atomic mass is 16.4. The van der Waals surface area contributed by atoms with E-state index in [9.17, 15) is 4.79 Å². The monoisotopic (exact) mass is 240 g/mol. The maximum atomic E-state index is 10.6. The average Bonchev–Trinajstić information content (AvgIpc) is 2.78. The zero-order chi connectivity index (χ0) is 12.3. The molecule has 4 nitrogen and oxygen atoms in total. The molecule has 2 fully saturated rings. The Hall–Kier alpha value is -0.610. The molecule has 17 heavy (non-hydrogen) atoms. The molecule has 2 atom stereocenters. The fraction of sp³-hybridized carbons (Fsp3) is 0.923. The van der Waals surface area contributed by atoms with Crippen molar-refractivity contribution in [2.45, 2.75) is 38.6 Å². The molecule has 0 aromatic rings. The lowest BCUT2D eigenvalue weighted by atomic mass is 10.0. The van der Waals surface area contributed by atoms with E-state index in [1.54, 1.807) is 0 Å². The summed E-state index contributed by atoms with van der Waals surface area (Å²) in [5.74, 6) is 0.224. The van der Waals surface area contributed by atoms with Crippen LogP contribution in [0.5, 0.6) is 0 Å². The van der Waals surface area contributed by atoms with E-state index in [-0.39, 0.29) is 6.54 Å². The van der Waals surface area contributed by atoms with Crippen molar-refractivity contribution in [1.29, 1.82) is 0 Å². The van der Waals surface area contributed by atoms with Gasteiger partial charge in [-0.3, -0.25) is 14.6 Å². The largest absolute Gasteiger partial charge is 0.480 e. The minimum absolute atomic E-state index is 0.204. The second kappa shape index (κ2) is 5.83. The van der Waals surface area contributed by atoms with Gasteiger partial charge in [-0.2, -0.15) is 0 Å². The maximum absolute atomic E-state index is 10.6. The fourth-order valence-corrected chi connectivity index (χ4v) is 3.23. The second-order valence-electron chi connectivity index (χ2n) is 5.45. The summed E-state index contributed by atoms with van der Waals surface area (Å²) in [5, 5.41) is 8.75. The highest BCUT2D eigenvalue weighted by Gasteiger charge is 2.30. The van der Waals surface area contributed by atoms with Crippen LogP contribution in [0.25, 0.3) is 0 Å². The van der Waals surface area contributed by atoms with Crippen molar-refractivity contribution in [3.63, 3.8) is 0 Å². The Morgan fingerprint density at radius 2 is 1.94 bits per heavy atom. The van der Waals surface area contributed by atoms with Gasteiger partial charge in [0.2, 0.25) is 0 Å². The van der Waals surface area contributed by atoms with Crippen molar-refractivity contribution in [3.8, 4) is 0 Å². The number of carboxylic acids is 1. The molecule has 0 bridgehead atoms. The van der Waals surface area contributed by atoms with E-state index in [0.29, 0.717) is 0 Å². The predicted molar refractivity (Wildman–Crippen MR) is 67.1 cm³/mol. The molecule has 1 aliphatic carbocycles. The molecule has 0 spiro atoms. The molecule has 1 aliphatic heterocycles. The highest BCUT2D eigenvalue weighted by molar-refractivity contribution is 5.69. The third kappa shape index (κ3) is 3.42. The van der Waals surface area contributed by atoms with Gasteiger partial charge in [-0.05, 0) is 25.2 Å². The minimum atomic E-state index is -0.703. The zero-order valence-corrected chi connectivity index (χ0v) is 10.8. The first-order chi connectivity index (χ1) is 8.19. The Morgan fingerprint density at radius 3 is 2.47 bits per heavy atom. The standard InChI is InChI=1S/C13H24N2O2/c1-2-11-3-4-12(9-11)15-7-5-14(6-8-15)10-13(16)17/h11-12H,2-10H2,1H3,(H,16,17). The van der Waals surface area contributed by atoms with E-state index < -0.39 is 5.97 Å². The summed E-state index contributed by atoms with van der Waals surface area (Å²) in [6.45, 7) is 6.43. The van der Waals surface area contributed by atoms with E-state index in [1.165, 1.54) is 25.7 Å². The van der Waals surface area contributed by atoms with Gasteiger partial charge in [0.1, 0.15) is 0 Å². The number of aliphatic carboxylic acids is 1. The molecule has 0 amide bonds. The summed E-state index contributed by atoms with van der Waals surface area (Å²) in [6, 6.07) is 0.770. The molecule has 4 heteroatoms. The molecular weight excluding hydrogens is 216 g/mol. The fourth-order valence-electron chi connectivity index (χ4n) is 3.23. The van der Waals surface area contributed by atoms with Gasteiger partial charge in [0.25, 0.3) is 0 Å². The Kier molecular flexibility index (Phi) is 4.40. The van der Waals surface area contributed by atoms with Crippen molar-refractivity contribution in [2.75, 3.05) is 32.7 Å². The molecule has 0 aromatic carbocycles. The van der Waals surface area contributed by atoms with Crippen LogP contribution in [0.4, 0.5) is 0 Å². The van der Waals surface area contributed by atoms with Crippen LogP contribution in [0.3, 0.4) is 0 Å². The number of carbonyl (C=O) groups is 1. The van der Waals surface area contributed by atoms with Crippen molar-refractivity contribution >= 4 is 5.97 Å². The Bertz CT molecular complexity index is 262. The summed E-state index contributed by atoms with van der Waals surface area (Å²) in [5.41, 5.74) is 0. The van der Waals surface area contributed by atoms with Crippen molar-refractivity contribution in [3.05, 3.63) is 0 Å². The van der Waals surface area contributed by atoms with Crippen LogP contribution in [0, 0.1) is 5.92 Å². The lowest BCUT2D eigenvalue weighted by molar-refractivity contribution is -0.138. The van der Waals surface area contributed by atoms with Gasteiger partial charge < -0.3 is 5.11 Å². The summed E-state index contributed by atoms with van der Waals surface area (Å²) < 4.78 is 0. The average molecular weight is 240 g/mol. The quantitative estimate of drug-likeness (QED) is 0.803. The Balaban J connectivity index is 1.74. The lowest BCUT2D eigenvalue weighted by Gasteiger charge is -2.37. The normalized spacial score (nSPS) is 31.8. The van der Waals surface area contributed by atoms with Crippen molar-refractivity contribution in [1.82, 2.24) is 9.80 Å². The minimum Gasteiger partial charge on any atom is -0.480 e. The predicted octanol–water partition coefficient (Wildman–Crippen LogP) is 1.27. The van der Waals surface area contributed by atoms with Gasteiger partial charge in [0.05, 0.1) is 6.54 Å². The van der Waals surface area contributed by atoms with E-state index in [2.05, 4.69) is 11.8 Å². The van der Waals surface area contributed by atoms with Crippen LogP contribution in [0.1, 0.15) is 32.6 Å². The van der Waals surface area contributed by atoms with E-state index >= 15 is 0 Å². The molecule has 1 saturated heterocycles. The van der Waals surface area contributed by atoms with E-state index in [0.717, 1.165) is 38.1 Å². The SMILES string of the molecule is CCC1CCC(N2CCN(CC(=O)O)CC2)C1. The first kappa shape index (κ1) is 12.8. The summed E-state index contributed by atoms with van der Waals surface area (Å²) in [4.78, 5) is 15.3. The third-order valence-electron chi connectivity index (χ3n) is 4.37. The Labute approximate surface area is 104 Å². The third-order valence-corrected chi connectivity index (χ3v) is 4.37. The molecule has 0 aromatic heterocycles. The molecule has 2 rings (SSSR count). The van der Waals surface area contributed by atoms with Crippen LogP contribution in [-0.4, -0.2) is 59.6 Å². The Morgan fingerprint density at radius 1 is 1.24 bits per heavy atom. The summed E-state index contributed by atoms with van der Waals surface area (Å²) >= 11 is 0. The maximum Gasteiger partial charge on any atom is 0.317 e. The van der Waals surface area contributed by atoms with Crippen LogP contribution < -0.4 is 0 Å². The van der Waals surface area contributed by atoms with Gasteiger partial charge in [0, 0.05) is 32.2 Å². The summed E-state index contributed by atoms with van der Waals surface area (Å²) in [7, 11) is 0. The van der Waals surface area contributed by atoms with Crippen LogP contribution in [0.2, 0.25) is 0 Å². The number of piperazine rings is 1. The number of hydrogen-bond donors (Lipinski definition) is 1. The van der Waals surface area contributed by atoms with Gasteiger partial charge in [-0.15, -0.1) is 0 Å². The molecule has 1 saturated carbocycles. The molecule has 2 unspecified atom stereocenters. The molecule has 2 aliphatic rings. The number of carboxylic acid groups (broad SMARTS) is 1. The topological polar surface area (TPSA) is 43.8 Å². The van der Waals surface area contributed by atoms with Crippen molar-refractivity contribution in [2.24, 2.45) is 5.92 Å². The van der Waals surface area contributed by atoms with Crippen LogP contribution in [-0.2, 0) is 4.79 Å². The highest BCUT2D eigenvalue weighted by Crippen LogP contribution is 2.31. The molecular formula is C13H24N2O2. The molecule has 98 valence electrons. The van der Waals surface area contributed by atoms with Crippen LogP contribution >= 0.6 is 0 Å². The number of nitrogens with zero attached hydrogens (tertiary/aromatic N) is 2. The first-order valence-corrected chi connectivity index (χ1v) is 6.87. The second-order valence-corrected chi connectivity index (χ2v) is 5.45. The van der Waals surface area contributed by atoms with Gasteiger partial charge in [-0.25, -0.2) is 0 Å². The van der Waals surface area contributed by atoms with Gasteiger partial charge in [0.15, 0.2) is 0 Å². The molecule has 1 heterocycles. The summed E-state index contributed by atoms with van der Waals surface area (Å²) in [6.07, 6.45) is 5.40. The smallest absolute Gasteiger partial charge is 0.317 e.